The third-order valence-electron chi connectivity index (χ3n) is 3.12. The number of benzene rings is 1. The highest BCUT2D eigenvalue weighted by atomic mass is 17.1. The van der Waals surface area contributed by atoms with Crippen LogP contribution in [0.2, 0.25) is 0 Å². The molecule has 1 aromatic rings. The van der Waals surface area contributed by atoms with Crippen molar-refractivity contribution in [2.24, 2.45) is 0 Å². The fraction of sp³-hybridized carbons (Fsp3) is 0.111. The van der Waals surface area contributed by atoms with E-state index in [1.165, 1.54) is 5.70 Å². The second-order valence-corrected chi connectivity index (χ2v) is 4.54. The topological polar surface area (TPSA) is 32.7 Å². The van der Waals surface area contributed by atoms with Crippen LogP contribution in [0, 0.1) is 0 Å². The molecule has 0 unspecified atom stereocenters. The lowest BCUT2D eigenvalue weighted by Gasteiger charge is -2.25. The number of hydrogen-bond acceptors (Lipinski definition) is 3. The molecular weight excluding hydrogens is 262 g/mol. The highest BCUT2D eigenvalue weighted by molar-refractivity contribution is 5.57. The van der Waals surface area contributed by atoms with E-state index in [1.807, 2.05) is 36.6 Å². The van der Waals surface area contributed by atoms with E-state index in [0.29, 0.717) is 5.75 Å². The van der Waals surface area contributed by atoms with E-state index in [9.17, 15) is 0 Å². The average Bonchev–Trinajstić information content (AvgIpc) is 2.56. The maximum atomic E-state index is 8.65. The van der Waals surface area contributed by atoms with E-state index in [-0.39, 0.29) is 0 Å². The molecule has 1 aliphatic rings. The summed E-state index contributed by atoms with van der Waals surface area (Å²) >= 11 is 0. The van der Waals surface area contributed by atoms with Crippen molar-refractivity contribution >= 4 is 5.69 Å². The molecule has 0 atom stereocenters. The van der Waals surface area contributed by atoms with Crippen LogP contribution in [0.1, 0.15) is 12.8 Å². The summed E-state index contributed by atoms with van der Waals surface area (Å²) in [5.74, 6) is 0.423. The Balaban J connectivity index is 2.27. The zero-order valence-corrected chi connectivity index (χ0v) is 11.9. The van der Waals surface area contributed by atoms with Crippen LogP contribution >= 0.6 is 0 Å². The van der Waals surface area contributed by atoms with Crippen molar-refractivity contribution in [1.29, 1.82) is 0 Å². The molecule has 2 rings (SSSR count). The molecule has 0 spiro atoms. The molecule has 0 bridgehead atoms. The molecule has 0 fully saturated rings. The quantitative estimate of drug-likeness (QED) is 0.460. The molecule has 0 saturated heterocycles. The minimum Gasteiger partial charge on any atom is -0.340 e. The van der Waals surface area contributed by atoms with Gasteiger partial charge in [0.15, 0.2) is 5.75 Å². The predicted octanol–water partition coefficient (Wildman–Crippen LogP) is 4.83. The first-order valence-corrected chi connectivity index (χ1v) is 6.87. The zero-order chi connectivity index (χ0) is 14.9. The van der Waals surface area contributed by atoms with Crippen molar-refractivity contribution in [1.82, 2.24) is 0 Å². The Hall–Kier alpha value is -2.52. The summed E-state index contributed by atoms with van der Waals surface area (Å²) in [7, 11) is 0. The summed E-state index contributed by atoms with van der Waals surface area (Å²) in [5, 5.41) is 8.65. The minimum atomic E-state index is 0.423. The largest absolute Gasteiger partial charge is 0.340 e. The molecule has 21 heavy (non-hydrogen) atoms. The Bertz CT molecular complexity index is 580. The van der Waals surface area contributed by atoms with Gasteiger partial charge in [-0.1, -0.05) is 37.0 Å². The molecule has 0 aliphatic heterocycles. The number of nitrogens with zero attached hydrogens (tertiary/aromatic N) is 1. The summed E-state index contributed by atoms with van der Waals surface area (Å²) in [6.07, 6.45) is 17.9. The lowest BCUT2D eigenvalue weighted by atomic mass is 10.1. The highest BCUT2D eigenvalue weighted by Crippen LogP contribution is 2.26. The lowest BCUT2D eigenvalue weighted by molar-refractivity contribution is -0.137. The molecule has 1 N–H and O–H groups in total. The maximum Gasteiger partial charge on any atom is 0.165 e. The van der Waals surface area contributed by atoms with Crippen LogP contribution in [0.25, 0.3) is 0 Å². The third kappa shape index (κ3) is 4.23. The van der Waals surface area contributed by atoms with Gasteiger partial charge in [-0.15, -0.1) is 0 Å². The molecule has 3 nitrogen and oxygen atoms in total. The number of hydrogen-bond donors (Lipinski definition) is 1. The first-order valence-electron chi connectivity index (χ1n) is 6.87. The second kappa shape index (κ2) is 7.92. The smallest absolute Gasteiger partial charge is 0.165 e. The SMILES string of the molecule is C=C/C=C\C=C/N(C1=CC=CCC1)c1ccc(OO)cc1. The Kier molecular flexibility index (Phi) is 5.61. The predicted molar refractivity (Wildman–Crippen MR) is 87.1 cm³/mol. The van der Waals surface area contributed by atoms with Gasteiger partial charge in [0, 0.05) is 17.6 Å². The molecule has 1 aliphatic carbocycles. The van der Waals surface area contributed by atoms with Crippen LogP contribution in [-0.2, 0) is 0 Å². The van der Waals surface area contributed by atoms with E-state index in [2.05, 4.69) is 34.6 Å². The Morgan fingerprint density at radius 3 is 2.57 bits per heavy atom. The van der Waals surface area contributed by atoms with Crippen LogP contribution in [0.5, 0.6) is 5.75 Å². The van der Waals surface area contributed by atoms with Crippen LogP contribution < -0.4 is 9.79 Å². The van der Waals surface area contributed by atoms with E-state index < -0.39 is 0 Å². The zero-order valence-electron chi connectivity index (χ0n) is 11.9. The van der Waals surface area contributed by atoms with Gasteiger partial charge in [0.1, 0.15) is 0 Å². The molecule has 3 heteroatoms. The van der Waals surface area contributed by atoms with E-state index in [4.69, 9.17) is 5.26 Å². The van der Waals surface area contributed by atoms with Crippen molar-refractivity contribution in [2.75, 3.05) is 4.90 Å². The van der Waals surface area contributed by atoms with Crippen molar-refractivity contribution in [3.8, 4) is 5.75 Å². The molecule has 0 aromatic heterocycles. The standard InChI is InChI=1S/C18H19NO2/c1-2-3-4-8-15-19(16-9-6-5-7-10-16)17-11-13-18(21-20)14-12-17/h2-6,8-9,11-15,20H,1,7,10H2/b4-3-,15-8-. The molecule has 1 aromatic carbocycles. The third-order valence-corrected chi connectivity index (χ3v) is 3.12. The van der Waals surface area contributed by atoms with Crippen LogP contribution in [0.4, 0.5) is 5.69 Å². The minimum absolute atomic E-state index is 0.423. The van der Waals surface area contributed by atoms with Gasteiger partial charge in [-0.3, -0.25) is 0 Å². The molecular formula is C18H19NO2. The molecule has 0 saturated carbocycles. The van der Waals surface area contributed by atoms with Gasteiger partial charge in [-0.2, -0.15) is 0 Å². The molecule has 0 heterocycles. The van der Waals surface area contributed by atoms with Crippen LogP contribution in [0.3, 0.4) is 0 Å². The lowest BCUT2D eigenvalue weighted by Crippen LogP contribution is -2.16. The van der Waals surface area contributed by atoms with E-state index >= 15 is 0 Å². The van der Waals surface area contributed by atoms with Crippen molar-refractivity contribution in [3.05, 3.63) is 85.3 Å². The Morgan fingerprint density at radius 2 is 1.95 bits per heavy atom. The molecule has 0 amide bonds. The Labute approximate surface area is 125 Å². The van der Waals surface area contributed by atoms with Gasteiger partial charge in [-0.05, 0) is 49.3 Å². The number of rotatable bonds is 6. The summed E-state index contributed by atoms with van der Waals surface area (Å²) in [6, 6.07) is 7.28. The van der Waals surface area contributed by atoms with Crippen molar-refractivity contribution in [3.63, 3.8) is 0 Å². The van der Waals surface area contributed by atoms with Gasteiger partial charge >= 0.3 is 0 Å². The van der Waals surface area contributed by atoms with Crippen LogP contribution in [0.15, 0.2) is 85.3 Å². The molecule has 108 valence electrons. The van der Waals surface area contributed by atoms with Gasteiger partial charge in [-0.25, -0.2) is 5.26 Å². The first-order chi connectivity index (χ1) is 10.3. The van der Waals surface area contributed by atoms with Gasteiger partial charge < -0.3 is 9.79 Å². The Morgan fingerprint density at radius 1 is 1.14 bits per heavy atom. The van der Waals surface area contributed by atoms with Gasteiger partial charge in [0.25, 0.3) is 0 Å². The fourth-order valence-electron chi connectivity index (χ4n) is 2.08. The molecule has 0 radical (unpaired) electrons. The summed E-state index contributed by atoms with van der Waals surface area (Å²) in [4.78, 5) is 6.35. The summed E-state index contributed by atoms with van der Waals surface area (Å²) < 4.78 is 0. The average molecular weight is 281 g/mol. The fourth-order valence-corrected chi connectivity index (χ4v) is 2.08. The maximum absolute atomic E-state index is 8.65. The first kappa shape index (κ1) is 14.9. The van der Waals surface area contributed by atoms with E-state index in [1.54, 1.807) is 18.2 Å². The highest BCUT2D eigenvalue weighted by Gasteiger charge is 2.10. The van der Waals surface area contributed by atoms with Crippen LogP contribution in [-0.4, -0.2) is 5.26 Å². The van der Waals surface area contributed by atoms with Crippen molar-refractivity contribution < 1.29 is 10.1 Å². The normalized spacial score (nSPS) is 14.4. The van der Waals surface area contributed by atoms with Crippen molar-refractivity contribution in [2.45, 2.75) is 12.8 Å². The number of allylic oxidation sites excluding steroid dienone is 8. The second-order valence-electron chi connectivity index (χ2n) is 4.54. The van der Waals surface area contributed by atoms with E-state index in [0.717, 1.165) is 18.5 Å². The number of anilines is 1. The monoisotopic (exact) mass is 281 g/mol. The summed E-state index contributed by atoms with van der Waals surface area (Å²) in [5.41, 5.74) is 2.24. The van der Waals surface area contributed by atoms with Gasteiger partial charge in [0.2, 0.25) is 0 Å². The van der Waals surface area contributed by atoms with Gasteiger partial charge in [0.05, 0.1) is 0 Å². The summed E-state index contributed by atoms with van der Waals surface area (Å²) in [6.45, 7) is 3.65.